The number of hydrogen-bond donors (Lipinski definition) is 2. The Kier molecular flexibility index (Phi) is 2.55. The van der Waals surface area contributed by atoms with Gasteiger partial charge in [-0.25, -0.2) is 0 Å². The van der Waals surface area contributed by atoms with Crippen LogP contribution in [0.1, 0.15) is 16.1 Å². The summed E-state index contributed by atoms with van der Waals surface area (Å²) in [6, 6.07) is 2.81. The largest absolute Gasteiger partial charge is 0.432 e. The second-order valence-corrected chi connectivity index (χ2v) is 3.19. The molecule has 0 aliphatic carbocycles. The number of rotatable bonds is 2. The predicted octanol–water partition coefficient (Wildman–Crippen LogP) is 0.924. The number of hydrogen-bond acceptors (Lipinski definition) is 4. The van der Waals surface area contributed by atoms with E-state index in [1.165, 1.54) is 24.6 Å². The zero-order valence-corrected chi connectivity index (χ0v) is 8.48. The van der Waals surface area contributed by atoms with Gasteiger partial charge in [-0.1, -0.05) is 0 Å². The monoisotopic (exact) mass is 219 g/mol. The van der Waals surface area contributed by atoms with Gasteiger partial charge in [-0.15, -0.1) is 0 Å². The second kappa shape index (κ2) is 4.01. The number of H-pyrrole nitrogens is 1. The molecule has 16 heavy (non-hydrogen) atoms. The molecule has 2 aromatic rings. The Morgan fingerprint density at radius 1 is 1.56 bits per heavy atom. The molecule has 2 N–H and O–H groups in total. The van der Waals surface area contributed by atoms with Crippen molar-refractivity contribution in [2.24, 2.45) is 0 Å². The molecule has 0 bridgehead atoms. The Morgan fingerprint density at radius 3 is 3.00 bits per heavy atom. The molecule has 1 amide bonds. The summed E-state index contributed by atoms with van der Waals surface area (Å²) in [5, 5.41) is 2.44. The Bertz CT molecular complexity index is 570. The topological polar surface area (TPSA) is 88.0 Å². The average Bonchev–Trinajstić information content (AvgIpc) is 2.64. The number of aromatic nitrogens is 2. The molecule has 0 radical (unpaired) electrons. The quantitative estimate of drug-likeness (QED) is 0.786. The smallest absolute Gasteiger partial charge is 0.301 e. The van der Waals surface area contributed by atoms with Crippen LogP contribution < -0.4 is 10.9 Å². The first-order valence-electron chi connectivity index (χ1n) is 4.57. The van der Waals surface area contributed by atoms with Crippen molar-refractivity contribution >= 4 is 11.9 Å². The van der Waals surface area contributed by atoms with Gasteiger partial charge in [-0.2, -0.15) is 4.98 Å². The minimum atomic E-state index is -0.437. The number of nitrogens with zero attached hydrogens (tertiary/aromatic N) is 1. The summed E-state index contributed by atoms with van der Waals surface area (Å²) in [6.45, 7) is 1.74. The van der Waals surface area contributed by atoms with Crippen LogP contribution in [0.5, 0.6) is 0 Å². The molecule has 82 valence electrons. The summed E-state index contributed by atoms with van der Waals surface area (Å²) in [4.78, 5) is 28.9. The summed E-state index contributed by atoms with van der Waals surface area (Å²) >= 11 is 0. The van der Waals surface area contributed by atoms with Crippen molar-refractivity contribution in [2.75, 3.05) is 5.32 Å². The number of aromatic amines is 1. The van der Waals surface area contributed by atoms with E-state index < -0.39 is 5.91 Å². The molecular weight excluding hydrogens is 210 g/mol. The lowest BCUT2D eigenvalue weighted by Gasteiger charge is -1.99. The van der Waals surface area contributed by atoms with Crippen LogP contribution >= 0.6 is 0 Å². The number of nitrogens with one attached hydrogen (secondary N) is 2. The summed E-state index contributed by atoms with van der Waals surface area (Å²) in [7, 11) is 0. The van der Waals surface area contributed by atoms with Crippen molar-refractivity contribution in [3.63, 3.8) is 0 Å². The molecule has 0 saturated carbocycles. The first-order valence-corrected chi connectivity index (χ1v) is 4.57. The van der Waals surface area contributed by atoms with E-state index in [1.807, 2.05) is 0 Å². The fourth-order valence-electron chi connectivity index (χ4n) is 1.17. The maximum absolute atomic E-state index is 11.6. The van der Waals surface area contributed by atoms with Crippen LogP contribution in [0.25, 0.3) is 0 Å². The molecule has 0 atom stereocenters. The van der Waals surface area contributed by atoms with Gasteiger partial charge in [0.15, 0.2) is 0 Å². The number of carbonyl (C=O) groups excluding carboxylic acids is 1. The highest BCUT2D eigenvalue weighted by molar-refractivity contribution is 6.02. The van der Waals surface area contributed by atoms with Crippen molar-refractivity contribution < 1.29 is 9.21 Å². The van der Waals surface area contributed by atoms with Crippen molar-refractivity contribution in [2.45, 2.75) is 6.92 Å². The molecule has 2 heterocycles. The van der Waals surface area contributed by atoms with E-state index in [4.69, 9.17) is 4.42 Å². The third kappa shape index (κ3) is 2.17. The lowest BCUT2D eigenvalue weighted by molar-refractivity contribution is 0.102. The van der Waals surface area contributed by atoms with Crippen molar-refractivity contribution in [1.29, 1.82) is 0 Å². The minimum absolute atomic E-state index is 0.114. The zero-order valence-electron chi connectivity index (χ0n) is 8.48. The molecule has 0 aliphatic heterocycles. The minimum Gasteiger partial charge on any atom is -0.432 e. The third-order valence-electron chi connectivity index (χ3n) is 1.88. The SMILES string of the molecule is Cc1coc(NC(=O)c2cc[nH]c(=O)c2)n1. The van der Waals surface area contributed by atoms with Crippen molar-refractivity contribution in [3.05, 3.63) is 46.2 Å². The number of oxazole rings is 1. The van der Waals surface area contributed by atoms with Crippen LogP contribution in [0.2, 0.25) is 0 Å². The predicted molar refractivity (Wildman–Crippen MR) is 56.3 cm³/mol. The highest BCUT2D eigenvalue weighted by atomic mass is 16.4. The number of carbonyl (C=O) groups is 1. The zero-order chi connectivity index (χ0) is 11.5. The molecule has 0 spiro atoms. The highest BCUT2D eigenvalue weighted by Crippen LogP contribution is 2.07. The van der Waals surface area contributed by atoms with Gasteiger partial charge in [0.05, 0.1) is 5.69 Å². The lowest BCUT2D eigenvalue weighted by Crippen LogP contribution is -2.15. The van der Waals surface area contributed by atoms with E-state index in [9.17, 15) is 9.59 Å². The van der Waals surface area contributed by atoms with Crippen LogP contribution in [0.15, 0.2) is 33.8 Å². The van der Waals surface area contributed by atoms with Crippen LogP contribution in [0, 0.1) is 6.92 Å². The van der Waals surface area contributed by atoms with Gasteiger partial charge in [-0.05, 0) is 13.0 Å². The maximum atomic E-state index is 11.6. The second-order valence-electron chi connectivity index (χ2n) is 3.19. The van der Waals surface area contributed by atoms with Crippen molar-refractivity contribution in [1.82, 2.24) is 9.97 Å². The van der Waals surface area contributed by atoms with Gasteiger partial charge in [0.25, 0.3) is 5.91 Å². The number of anilines is 1. The van der Waals surface area contributed by atoms with Gasteiger partial charge < -0.3 is 9.40 Å². The van der Waals surface area contributed by atoms with Crippen LogP contribution in [0.3, 0.4) is 0 Å². The summed E-state index contributed by atoms with van der Waals surface area (Å²) in [5.74, 6) is -0.437. The van der Waals surface area contributed by atoms with Crippen molar-refractivity contribution in [3.8, 4) is 0 Å². The molecule has 0 saturated heterocycles. The Balaban J connectivity index is 2.17. The Hall–Kier alpha value is -2.37. The van der Waals surface area contributed by atoms with Gasteiger partial charge in [0, 0.05) is 17.8 Å². The Morgan fingerprint density at radius 2 is 2.38 bits per heavy atom. The van der Waals surface area contributed by atoms with E-state index in [1.54, 1.807) is 6.92 Å². The van der Waals surface area contributed by atoms with E-state index >= 15 is 0 Å². The fourth-order valence-corrected chi connectivity index (χ4v) is 1.17. The molecule has 2 aromatic heterocycles. The Labute approximate surface area is 90.3 Å². The molecule has 2 rings (SSSR count). The summed E-state index contributed by atoms with van der Waals surface area (Å²) in [6.07, 6.45) is 2.82. The van der Waals surface area contributed by atoms with Crippen LogP contribution in [-0.2, 0) is 0 Å². The maximum Gasteiger partial charge on any atom is 0.301 e. The molecule has 6 nitrogen and oxygen atoms in total. The van der Waals surface area contributed by atoms with E-state index in [-0.39, 0.29) is 17.1 Å². The summed E-state index contributed by atoms with van der Waals surface area (Å²) < 4.78 is 4.96. The van der Waals surface area contributed by atoms with Gasteiger partial charge in [0.1, 0.15) is 6.26 Å². The molecule has 6 heteroatoms. The average molecular weight is 219 g/mol. The van der Waals surface area contributed by atoms with E-state index in [0.29, 0.717) is 5.69 Å². The number of pyridine rings is 1. The molecular formula is C10H9N3O3. The van der Waals surface area contributed by atoms with E-state index in [0.717, 1.165) is 0 Å². The standard InChI is InChI=1S/C10H9N3O3/c1-6-5-16-10(12-6)13-9(15)7-2-3-11-8(14)4-7/h2-5H,1H3,(H,11,14)(H,12,13,15). The number of amides is 1. The molecule has 0 unspecified atom stereocenters. The normalized spacial score (nSPS) is 10.1. The van der Waals surface area contributed by atoms with Crippen LogP contribution in [0.4, 0.5) is 6.01 Å². The first kappa shape index (κ1) is 10.2. The molecule has 0 fully saturated rings. The molecule has 0 aliphatic rings. The fraction of sp³-hybridized carbons (Fsp3) is 0.100. The third-order valence-corrected chi connectivity index (χ3v) is 1.88. The van der Waals surface area contributed by atoms with Gasteiger partial charge in [-0.3, -0.25) is 14.9 Å². The van der Waals surface area contributed by atoms with Gasteiger partial charge in [0.2, 0.25) is 5.56 Å². The summed E-state index contributed by atoms with van der Waals surface area (Å²) in [5.41, 5.74) is 0.581. The van der Waals surface area contributed by atoms with E-state index in [2.05, 4.69) is 15.3 Å². The van der Waals surface area contributed by atoms with Gasteiger partial charge >= 0.3 is 6.01 Å². The highest BCUT2D eigenvalue weighted by Gasteiger charge is 2.09. The number of aryl methyl sites for hydroxylation is 1. The van der Waals surface area contributed by atoms with Crippen LogP contribution in [-0.4, -0.2) is 15.9 Å². The first-order chi connectivity index (χ1) is 7.65. The molecule has 0 aromatic carbocycles. The lowest BCUT2D eigenvalue weighted by atomic mass is 10.2.